The lowest BCUT2D eigenvalue weighted by Crippen LogP contribution is -2.32. The van der Waals surface area contributed by atoms with Crippen molar-refractivity contribution in [2.24, 2.45) is 5.73 Å². The second-order valence-electron chi connectivity index (χ2n) is 4.49. The van der Waals surface area contributed by atoms with E-state index in [1.165, 1.54) is 0 Å². The van der Waals surface area contributed by atoms with Crippen LogP contribution >= 0.6 is 0 Å². The van der Waals surface area contributed by atoms with Crippen molar-refractivity contribution in [3.63, 3.8) is 0 Å². The van der Waals surface area contributed by atoms with Gasteiger partial charge in [-0.3, -0.25) is 9.89 Å². The zero-order chi connectivity index (χ0) is 15.4. The van der Waals surface area contributed by atoms with Gasteiger partial charge >= 0.3 is 5.97 Å². The summed E-state index contributed by atoms with van der Waals surface area (Å²) in [5.74, 6) is 0.150. The summed E-state index contributed by atoms with van der Waals surface area (Å²) in [4.78, 5) is 10.9. The van der Waals surface area contributed by atoms with E-state index < -0.39 is 12.0 Å². The molecule has 0 bridgehead atoms. The molecule has 1 unspecified atom stereocenters. The molecule has 0 fully saturated rings. The van der Waals surface area contributed by atoms with E-state index >= 15 is 0 Å². The van der Waals surface area contributed by atoms with Gasteiger partial charge in [0.1, 0.15) is 6.04 Å². The van der Waals surface area contributed by atoms with Gasteiger partial charge in [-0.2, -0.15) is 5.10 Å². The van der Waals surface area contributed by atoms with Gasteiger partial charge < -0.3 is 20.3 Å². The summed E-state index contributed by atoms with van der Waals surface area (Å²) in [6.45, 7) is 0. The number of benzene rings is 1. The number of hydrogen-bond acceptors (Lipinski definition) is 5. The molecule has 0 saturated carbocycles. The van der Waals surface area contributed by atoms with Crippen LogP contribution in [0.15, 0.2) is 24.4 Å². The van der Waals surface area contributed by atoms with Crippen molar-refractivity contribution < 1.29 is 19.4 Å². The molecular weight excluding hydrogens is 274 g/mol. The van der Waals surface area contributed by atoms with Crippen molar-refractivity contribution in [1.82, 2.24) is 10.2 Å². The molecule has 0 aliphatic carbocycles. The number of rotatable bonds is 6. The first-order valence-electron chi connectivity index (χ1n) is 6.29. The fourth-order valence-corrected chi connectivity index (χ4v) is 2.03. The van der Waals surface area contributed by atoms with E-state index in [0.717, 1.165) is 11.1 Å². The molecule has 0 saturated heterocycles. The first-order chi connectivity index (χ1) is 10.1. The summed E-state index contributed by atoms with van der Waals surface area (Å²) in [6.07, 6.45) is 1.77. The molecule has 7 nitrogen and oxygen atoms in total. The summed E-state index contributed by atoms with van der Waals surface area (Å²) in [7, 11) is 3.11. The van der Waals surface area contributed by atoms with Crippen LogP contribution in [0.3, 0.4) is 0 Å². The van der Waals surface area contributed by atoms with Crippen molar-refractivity contribution in [2.45, 2.75) is 12.5 Å². The Bertz CT molecular complexity index is 639. The molecule has 2 rings (SSSR count). The largest absolute Gasteiger partial charge is 0.493 e. The number of aliphatic carboxylic acids is 1. The number of aromatic amines is 1. The van der Waals surface area contributed by atoms with Crippen LogP contribution in [0.1, 0.15) is 5.56 Å². The fourth-order valence-electron chi connectivity index (χ4n) is 2.03. The molecule has 0 aliphatic rings. The number of methoxy groups -OCH3 is 2. The van der Waals surface area contributed by atoms with Gasteiger partial charge in [-0.1, -0.05) is 0 Å². The van der Waals surface area contributed by atoms with Crippen LogP contribution in [0.25, 0.3) is 11.3 Å². The molecule has 2 aromatic rings. The third kappa shape index (κ3) is 3.14. The highest BCUT2D eigenvalue weighted by molar-refractivity contribution is 5.74. The second kappa shape index (κ2) is 6.27. The van der Waals surface area contributed by atoms with E-state index in [-0.39, 0.29) is 6.42 Å². The predicted molar refractivity (Wildman–Crippen MR) is 76.4 cm³/mol. The van der Waals surface area contributed by atoms with Gasteiger partial charge in [-0.05, 0) is 23.8 Å². The van der Waals surface area contributed by atoms with E-state index in [4.69, 9.17) is 20.3 Å². The number of aromatic nitrogens is 2. The van der Waals surface area contributed by atoms with Crippen molar-refractivity contribution in [2.75, 3.05) is 14.2 Å². The average molecular weight is 291 g/mol. The molecule has 7 heteroatoms. The maximum absolute atomic E-state index is 10.9. The Balaban J connectivity index is 2.35. The quantitative estimate of drug-likeness (QED) is 0.733. The lowest BCUT2D eigenvalue weighted by molar-refractivity contribution is -0.138. The number of H-pyrrole nitrogens is 1. The van der Waals surface area contributed by atoms with Crippen molar-refractivity contribution in [3.8, 4) is 22.8 Å². The number of nitrogens with one attached hydrogen (secondary N) is 1. The summed E-state index contributed by atoms with van der Waals surface area (Å²) >= 11 is 0. The SMILES string of the molecule is COc1ccc(-c2[nH]ncc2CC(N)C(=O)O)cc1OC. The van der Waals surface area contributed by atoms with Gasteiger partial charge in [0.25, 0.3) is 0 Å². The maximum Gasteiger partial charge on any atom is 0.320 e. The lowest BCUT2D eigenvalue weighted by atomic mass is 10.0. The van der Waals surface area contributed by atoms with Crippen molar-refractivity contribution in [1.29, 1.82) is 0 Å². The van der Waals surface area contributed by atoms with Gasteiger partial charge in [0.15, 0.2) is 11.5 Å². The van der Waals surface area contributed by atoms with E-state index in [1.807, 2.05) is 6.07 Å². The Hall–Kier alpha value is -2.54. The number of carboxylic acids is 1. The molecule has 1 atom stereocenters. The standard InChI is InChI=1S/C14H17N3O4/c1-20-11-4-3-8(6-12(11)21-2)13-9(7-16-17-13)5-10(15)14(18)19/h3-4,6-7,10H,5,15H2,1-2H3,(H,16,17)(H,18,19). The molecule has 4 N–H and O–H groups in total. The first-order valence-corrected chi connectivity index (χ1v) is 6.29. The zero-order valence-electron chi connectivity index (χ0n) is 11.8. The molecule has 1 aromatic heterocycles. The Kier molecular flexibility index (Phi) is 4.44. The smallest absolute Gasteiger partial charge is 0.320 e. The van der Waals surface area contributed by atoms with Gasteiger partial charge in [-0.25, -0.2) is 0 Å². The molecule has 1 heterocycles. The number of ether oxygens (including phenoxy) is 2. The van der Waals surface area contributed by atoms with Crippen molar-refractivity contribution >= 4 is 5.97 Å². The molecule has 112 valence electrons. The van der Waals surface area contributed by atoms with E-state index in [1.54, 1.807) is 32.5 Å². The third-order valence-corrected chi connectivity index (χ3v) is 3.15. The summed E-state index contributed by atoms with van der Waals surface area (Å²) in [5, 5.41) is 15.7. The van der Waals surface area contributed by atoms with E-state index in [2.05, 4.69) is 10.2 Å². The topological polar surface area (TPSA) is 110 Å². The van der Waals surface area contributed by atoms with Crippen LogP contribution in [0, 0.1) is 0 Å². The molecule has 0 amide bonds. The number of carbonyl (C=O) groups is 1. The summed E-state index contributed by atoms with van der Waals surface area (Å²) in [5.41, 5.74) is 7.84. The second-order valence-corrected chi connectivity index (χ2v) is 4.49. The van der Waals surface area contributed by atoms with Gasteiger partial charge in [-0.15, -0.1) is 0 Å². The summed E-state index contributed by atoms with van der Waals surface area (Å²) in [6, 6.07) is 4.43. The minimum Gasteiger partial charge on any atom is -0.493 e. The highest BCUT2D eigenvalue weighted by Crippen LogP contribution is 2.32. The third-order valence-electron chi connectivity index (χ3n) is 3.15. The van der Waals surface area contributed by atoms with Crippen molar-refractivity contribution in [3.05, 3.63) is 30.0 Å². The van der Waals surface area contributed by atoms with Gasteiger partial charge in [0.05, 0.1) is 26.1 Å². The lowest BCUT2D eigenvalue weighted by Gasteiger charge is -2.10. The maximum atomic E-state index is 10.9. The Morgan fingerprint density at radius 1 is 1.38 bits per heavy atom. The van der Waals surface area contributed by atoms with Crippen LogP contribution in [0.2, 0.25) is 0 Å². The van der Waals surface area contributed by atoms with E-state index in [9.17, 15) is 4.79 Å². The van der Waals surface area contributed by atoms with Crippen LogP contribution in [-0.2, 0) is 11.2 Å². The minimum atomic E-state index is -1.05. The summed E-state index contributed by atoms with van der Waals surface area (Å²) < 4.78 is 10.4. The van der Waals surface area contributed by atoms with E-state index in [0.29, 0.717) is 17.2 Å². The molecule has 21 heavy (non-hydrogen) atoms. The molecule has 0 radical (unpaired) electrons. The van der Waals surface area contributed by atoms with Crippen LogP contribution < -0.4 is 15.2 Å². The van der Waals surface area contributed by atoms with Crippen LogP contribution in [0.5, 0.6) is 11.5 Å². The van der Waals surface area contributed by atoms with Gasteiger partial charge in [0.2, 0.25) is 0 Å². The number of nitrogens with two attached hydrogens (primary N) is 1. The molecular formula is C14H17N3O4. The fraction of sp³-hybridized carbons (Fsp3) is 0.286. The molecule has 0 aliphatic heterocycles. The number of carboxylic acid groups (broad SMARTS) is 1. The monoisotopic (exact) mass is 291 g/mol. The van der Waals surface area contributed by atoms with Gasteiger partial charge in [0, 0.05) is 12.0 Å². The Morgan fingerprint density at radius 2 is 2.10 bits per heavy atom. The molecule has 0 spiro atoms. The predicted octanol–water partition coefficient (Wildman–Crippen LogP) is 1.05. The number of nitrogens with zero attached hydrogens (tertiary/aromatic N) is 1. The highest BCUT2D eigenvalue weighted by atomic mass is 16.5. The first kappa shape index (κ1) is 14.9. The minimum absolute atomic E-state index is 0.190. The zero-order valence-corrected chi connectivity index (χ0v) is 11.8. The van der Waals surface area contributed by atoms with Crippen LogP contribution in [-0.4, -0.2) is 41.5 Å². The number of hydrogen-bond donors (Lipinski definition) is 3. The Labute approximate surface area is 121 Å². The highest BCUT2D eigenvalue weighted by Gasteiger charge is 2.17. The average Bonchev–Trinajstić information content (AvgIpc) is 2.94. The molecule has 1 aromatic carbocycles. The van der Waals surface area contributed by atoms with Crippen LogP contribution in [0.4, 0.5) is 0 Å². The Morgan fingerprint density at radius 3 is 2.71 bits per heavy atom. The normalized spacial score (nSPS) is 12.0.